The molecule has 1 N–H and O–H groups in total. The molecular weight excluding hydrogens is 361 g/mol. The van der Waals surface area contributed by atoms with E-state index in [4.69, 9.17) is 23.2 Å². The third-order valence-electron chi connectivity index (χ3n) is 4.21. The van der Waals surface area contributed by atoms with Crippen molar-refractivity contribution < 1.29 is 4.79 Å². The van der Waals surface area contributed by atoms with Gasteiger partial charge in [-0.3, -0.25) is 4.79 Å². The van der Waals surface area contributed by atoms with Crippen LogP contribution in [0.2, 0.25) is 10.2 Å². The molecule has 8 heteroatoms. The average molecular weight is 374 g/mol. The van der Waals surface area contributed by atoms with Crippen molar-refractivity contribution >= 4 is 34.9 Å². The zero-order valence-corrected chi connectivity index (χ0v) is 14.7. The topological polar surface area (TPSA) is 72.7 Å². The first-order chi connectivity index (χ1) is 12.0. The Morgan fingerprint density at radius 2 is 1.88 bits per heavy atom. The van der Waals surface area contributed by atoms with E-state index in [1.807, 2.05) is 31.2 Å². The maximum atomic E-state index is 12.3. The summed E-state index contributed by atoms with van der Waals surface area (Å²) >= 11 is 11.8. The molecule has 0 bridgehead atoms. The van der Waals surface area contributed by atoms with Gasteiger partial charge in [-0.05, 0) is 36.8 Å². The van der Waals surface area contributed by atoms with E-state index in [1.165, 1.54) is 0 Å². The number of amides is 1. The average Bonchev–Trinajstić information content (AvgIpc) is 2.92. The van der Waals surface area contributed by atoms with Gasteiger partial charge in [0.2, 0.25) is 5.91 Å². The second-order valence-electron chi connectivity index (χ2n) is 5.83. The second-order valence-corrected chi connectivity index (χ2v) is 6.65. The molecule has 0 unspecified atom stereocenters. The van der Waals surface area contributed by atoms with E-state index >= 15 is 0 Å². The fraction of sp³-hybridized carbons (Fsp3) is 0.176. The van der Waals surface area contributed by atoms with E-state index in [0.717, 1.165) is 16.8 Å². The Bertz CT molecular complexity index is 950. The molecule has 0 aliphatic carbocycles. The molecule has 6 nitrogen and oxygen atoms in total. The molecule has 0 fully saturated rings. The molecule has 0 spiro atoms. The van der Waals surface area contributed by atoms with Crippen LogP contribution in [0.15, 0.2) is 36.4 Å². The fourth-order valence-electron chi connectivity index (χ4n) is 3.11. The van der Waals surface area contributed by atoms with Crippen molar-refractivity contribution in [3.63, 3.8) is 0 Å². The minimum Gasteiger partial charge on any atom is -0.310 e. The number of carbonyl (C=O) groups excluding carboxylic acids is 1. The highest BCUT2D eigenvalue weighted by Crippen LogP contribution is 2.40. The standard InChI is InChI=1S/C17H13Cl2N5O/c1-9-16-12(10-2-4-11(18)5-3-10)8-15(25)20-17(16)24(23-9)14-7-6-13(19)21-22-14/h2-7,12H,8H2,1H3,(H,20,25)/t12-/m1/s1. The molecule has 1 aliphatic heterocycles. The maximum absolute atomic E-state index is 12.3. The van der Waals surface area contributed by atoms with Crippen molar-refractivity contribution in [2.24, 2.45) is 0 Å². The van der Waals surface area contributed by atoms with E-state index in [9.17, 15) is 4.79 Å². The number of aryl methyl sites for hydroxylation is 1. The number of fused-ring (bicyclic) bond motifs is 1. The molecule has 0 saturated carbocycles. The van der Waals surface area contributed by atoms with Crippen molar-refractivity contribution in [1.82, 2.24) is 20.0 Å². The SMILES string of the molecule is Cc1nn(-c2ccc(Cl)nn2)c2c1[C@@H](c1ccc(Cl)cc1)CC(=O)N2. The summed E-state index contributed by atoms with van der Waals surface area (Å²) in [5, 5.41) is 16.3. The molecule has 4 rings (SSSR count). The predicted octanol–water partition coefficient (Wildman–Crippen LogP) is 3.75. The van der Waals surface area contributed by atoms with E-state index in [2.05, 4.69) is 20.6 Å². The van der Waals surface area contributed by atoms with Gasteiger partial charge in [0.15, 0.2) is 11.0 Å². The Kier molecular flexibility index (Phi) is 3.94. The number of benzene rings is 1. The summed E-state index contributed by atoms with van der Waals surface area (Å²) in [6.07, 6.45) is 0.355. The number of halogens is 2. The summed E-state index contributed by atoms with van der Waals surface area (Å²) in [5.41, 5.74) is 2.82. The number of carbonyl (C=O) groups is 1. The van der Waals surface area contributed by atoms with Crippen LogP contribution in [0.1, 0.15) is 29.2 Å². The van der Waals surface area contributed by atoms with Crippen molar-refractivity contribution in [1.29, 1.82) is 0 Å². The number of nitrogens with zero attached hydrogens (tertiary/aromatic N) is 4. The van der Waals surface area contributed by atoms with Gasteiger partial charge in [0.05, 0.1) is 5.69 Å². The molecule has 3 aromatic rings. The summed E-state index contributed by atoms with van der Waals surface area (Å²) in [4.78, 5) is 12.3. The Labute approximate surface area is 153 Å². The fourth-order valence-corrected chi connectivity index (χ4v) is 3.34. The molecule has 126 valence electrons. The van der Waals surface area contributed by atoms with Crippen LogP contribution >= 0.6 is 23.2 Å². The van der Waals surface area contributed by atoms with Gasteiger partial charge in [-0.1, -0.05) is 35.3 Å². The second kappa shape index (κ2) is 6.13. The van der Waals surface area contributed by atoms with Crippen LogP contribution in [0, 0.1) is 6.92 Å². The van der Waals surface area contributed by atoms with Gasteiger partial charge < -0.3 is 5.32 Å². The van der Waals surface area contributed by atoms with Gasteiger partial charge in [0, 0.05) is 22.9 Å². The normalized spacial score (nSPS) is 16.4. The van der Waals surface area contributed by atoms with Gasteiger partial charge in [-0.2, -0.15) is 9.78 Å². The van der Waals surface area contributed by atoms with Crippen molar-refractivity contribution in [2.45, 2.75) is 19.3 Å². The predicted molar refractivity (Wildman–Crippen MR) is 95.4 cm³/mol. The largest absolute Gasteiger partial charge is 0.310 e. The highest BCUT2D eigenvalue weighted by molar-refractivity contribution is 6.30. The van der Waals surface area contributed by atoms with Crippen molar-refractivity contribution in [3.8, 4) is 5.82 Å². The molecular formula is C17H13Cl2N5O. The quantitative estimate of drug-likeness (QED) is 0.742. The molecule has 0 saturated heterocycles. The molecule has 25 heavy (non-hydrogen) atoms. The summed E-state index contributed by atoms with van der Waals surface area (Å²) in [6, 6.07) is 10.9. The van der Waals surface area contributed by atoms with Gasteiger partial charge in [0.1, 0.15) is 5.82 Å². The number of nitrogens with one attached hydrogen (secondary N) is 1. The van der Waals surface area contributed by atoms with Crippen molar-refractivity contribution in [3.05, 3.63) is 63.4 Å². The van der Waals surface area contributed by atoms with E-state index < -0.39 is 0 Å². The van der Waals surface area contributed by atoms with E-state index in [0.29, 0.717) is 28.2 Å². The smallest absolute Gasteiger partial charge is 0.226 e. The molecule has 1 aliphatic rings. The summed E-state index contributed by atoms with van der Waals surface area (Å²) in [7, 11) is 0. The molecule has 0 radical (unpaired) electrons. The Balaban J connectivity index is 1.85. The molecule has 1 aromatic carbocycles. The molecule has 1 atom stereocenters. The van der Waals surface area contributed by atoms with Crippen LogP contribution in [0.5, 0.6) is 0 Å². The van der Waals surface area contributed by atoms with Crippen LogP contribution in [0.25, 0.3) is 5.82 Å². The lowest BCUT2D eigenvalue weighted by molar-refractivity contribution is -0.116. The lowest BCUT2D eigenvalue weighted by Crippen LogP contribution is -2.25. The van der Waals surface area contributed by atoms with E-state index in [-0.39, 0.29) is 11.8 Å². The van der Waals surface area contributed by atoms with E-state index in [1.54, 1.807) is 16.8 Å². The van der Waals surface area contributed by atoms with Crippen LogP contribution in [-0.4, -0.2) is 25.9 Å². The highest BCUT2D eigenvalue weighted by Gasteiger charge is 2.32. The maximum Gasteiger partial charge on any atom is 0.226 e. The van der Waals surface area contributed by atoms with Gasteiger partial charge in [0.25, 0.3) is 0 Å². The molecule has 3 heterocycles. The molecule has 1 amide bonds. The third kappa shape index (κ3) is 2.88. The summed E-state index contributed by atoms with van der Waals surface area (Å²) in [5.74, 6) is 0.946. The van der Waals surface area contributed by atoms with Crippen LogP contribution in [0.4, 0.5) is 5.82 Å². The Morgan fingerprint density at radius 3 is 2.56 bits per heavy atom. The lowest BCUT2D eigenvalue weighted by atomic mass is 9.86. The van der Waals surface area contributed by atoms with Crippen LogP contribution in [0.3, 0.4) is 0 Å². The number of hydrogen-bond acceptors (Lipinski definition) is 4. The zero-order chi connectivity index (χ0) is 17.6. The van der Waals surface area contributed by atoms with Crippen LogP contribution < -0.4 is 5.32 Å². The Hall–Kier alpha value is -2.44. The monoisotopic (exact) mass is 373 g/mol. The summed E-state index contributed by atoms with van der Waals surface area (Å²) in [6.45, 7) is 1.92. The van der Waals surface area contributed by atoms with Crippen LogP contribution in [-0.2, 0) is 4.79 Å². The third-order valence-corrected chi connectivity index (χ3v) is 4.66. The number of anilines is 1. The first-order valence-corrected chi connectivity index (χ1v) is 8.43. The zero-order valence-electron chi connectivity index (χ0n) is 13.2. The number of aromatic nitrogens is 4. The van der Waals surface area contributed by atoms with Gasteiger partial charge in [-0.25, -0.2) is 0 Å². The Morgan fingerprint density at radius 1 is 1.12 bits per heavy atom. The lowest BCUT2D eigenvalue weighted by Gasteiger charge is -2.24. The van der Waals surface area contributed by atoms with Gasteiger partial charge >= 0.3 is 0 Å². The number of hydrogen-bond donors (Lipinski definition) is 1. The minimum atomic E-state index is -0.0879. The first kappa shape index (κ1) is 16.1. The molecule has 2 aromatic heterocycles. The first-order valence-electron chi connectivity index (χ1n) is 7.67. The minimum absolute atomic E-state index is 0.0736. The summed E-state index contributed by atoms with van der Waals surface area (Å²) < 4.78 is 1.59. The van der Waals surface area contributed by atoms with Crippen molar-refractivity contribution in [2.75, 3.05) is 5.32 Å². The van der Waals surface area contributed by atoms with Gasteiger partial charge in [-0.15, -0.1) is 10.2 Å². The highest BCUT2D eigenvalue weighted by atomic mass is 35.5. The number of rotatable bonds is 2.